The van der Waals surface area contributed by atoms with Gasteiger partial charge in [-0.25, -0.2) is 13.1 Å². The molecule has 1 atom stereocenters. The second kappa shape index (κ2) is 6.51. The Kier molecular flexibility index (Phi) is 4.78. The fourth-order valence-corrected chi connectivity index (χ4v) is 4.08. The molecule has 0 bridgehead atoms. The van der Waals surface area contributed by atoms with Gasteiger partial charge in [0.1, 0.15) is 0 Å². The Bertz CT molecular complexity index is 644. The Labute approximate surface area is 139 Å². The van der Waals surface area contributed by atoms with Gasteiger partial charge in [0.15, 0.2) is 0 Å². The third-order valence-electron chi connectivity index (χ3n) is 4.78. The Balaban J connectivity index is 1.43. The summed E-state index contributed by atoms with van der Waals surface area (Å²) in [7, 11) is -3.10. The molecule has 1 spiro atoms. The van der Waals surface area contributed by atoms with E-state index in [0.29, 0.717) is 19.1 Å². The van der Waals surface area contributed by atoms with Gasteiger partial charge in [-0.1, -0.05) is 29.8 Å². The molecule has 0 saturated carbocycles. The Morgan fingerprint density at radius 1 is 1.39 bits per heavy atom. The molecule has 2 heterocycles. The number of ether oxygens (including phenoxy) is 1. The average Bonchev–Trinajstić information content (AvgIpc) is 2.44. The summed E-state index contributed by atoms with van der Waals surface area (Å²) < 4.78 is 31.0. The molecule has 6 heteroatoms. The summed E-state index contributed by atoms with van der Waals surface area (Å²) in [6, 6.07) is 8.64. The van der Waals surface area contributed by atoms with E-state index in [1.54, 1.807) is 0 Å². The molecule has 3 rings (SSSR count). The van der Waals surface area contributed by atoms with Gasteiger partial charge in [-0.15, -0.1) is 0 Å². The number of rotatable bonds is 5. The van der Waals surface area contributed by atoms with Gasteiger partial charge < -0.3 is 4.74 Å². The molecule has 5 nitrogen and oxygen atoms in total. The van der Waals surface area contributed by atoms with E-state index >= 15 is 0 Å². The third kappa shape index (κ3) is 4.53. The summed E-state index contributed by atoms with van der Waals surface area (Å²) in [6.45, 7) is 6.20. The molecule has 1 N–H and O–H groups in total. The third-order valence-corrected chi connectivity index (χ3v) is 5.47. The largest absolute Gasteiger partial charge is 0.372 e. The predicted octanol–water partition coefficient (Wildman–Crippen LogP) is 1.53. The summed E-state index contributed by atoms with van der Waals surface area (Å²) in [4.78, 5) is 2.42. The monoisotopic (exact) mass is 338 g/mol. The smallest absolute Gasteiger partial charge is 0.208 e. The molecule has 128 valence electrons. The molecule has 0 amide bonds. The SMILES string of the molecule is Cc1cccc(CN2CC3(CC[C@@H](CNS(C)(=O)=O)CO3)C2)c1. The molecule has 2 aliphatic heterocycles. The van der Waals surface area contributed by atoms with Crippen LogP contribution in [0.4, 0.5) is 0 Å². The van der Waals surface area contributed by atoms with E-state index in [1.165, 1.54) is 17.4 Å². The van der Waals surface area contributed by atoms with Crippen molar-refractivity contribution >= 4 is 10.0 Å². The minimum atomic E-state index is -3.10. The minimum Gasteiger partial charge on any atom is -0.372 e. The van der Waals surface area contributed by atoms with Crippen molar-refractivity contribution in [3.8, 4) is 0 Å². The summed E-state index contributed by atoms with van der Waals surface area (Å²) in [5, 5.41) is 0. The van der Waals surface area contributed by atoms with E-state index in [0.717, 1.165) is 32.5 Å². The van der Waals surface area contributed by atoms with E-state index in [-0.39, 0.29) is 5.60 Å². The van der Waals surface area contributed by atoms with Crippen LogP contribution in [0.15, 0.2) is 24.3 Å². The maximum Gasteiger partial charge on any atom is 0.208 e. The van der Waals surface area contributed by atoms with Gasteiger partial charge in [-0.3, -0.25) is 4.90 Å². The normalized spacial score (nSPS) is 24.5. The van der Waals surface area contributed by atoms with Crippen LogP contribution in [0, 0.1) is 12.8 Å². The molecule has 1 aromatic rings. The first kappa shape index (κ1) is 16.9. The Morgan fingerprint density at radius 3 is 2.78 bits per heavy atom. The second-order valence-electron chi connectivity index (χ2n) is 7.15. The van der Waals surface area contributed by atoms with Crippen molar-refractivity contribution in [2.24, 2.45) is 5.92 Å². The van der Waals surface area contributed by atoms with Crippen molar-refractivity contribution in [1.82, 2.24) is 9.62 Å². The zero-order valence-electron chi connectivity index (χ0n) is 13.9. The molecule has 0 aliphatic carbocycles. The van der Waals surface area contributed by atoms with Crippen molar-refractivity contribution in [1.29, 1.82) is 0 Å². The van der Waals surface area contributed by atoms with Crippen LogP contribution >= 0.6 is 0 Å². The highest BCUT2D eigenvalue weighted by atomic mass is 32.2. The average molecular weight is 338 g/mol. The fourth-order valence-electron chi connectivity index (χ4n) is 3.55. The van der Waals surface area contributed by atoms with Crippen LogP contribution in [0.3, 0.4) is 0 Å². The molecular weight excluding hydrogens is 312 g/mol. The lowest BCUT2D eigenvalue weighted by Gasteiger charge is -2.53. The van der Waals surface area contributed by atoms with Crippen LogP contribution < -0.4 is 4.72 Å². The first-order valence-corrected chi connectivity index (χ1v) is 10.1. The highest BCUT2D eigenvalue weighted by Gasteiger charge is 2.46. The van der Waals surface area contributed by atoms with E-state index in [1.807, 2.05) is 0 Å². The zero-order chi connectivity index (χ0) is 16.5. The molecule has 2 saturated heterocycles. The van der Waals surface area contributed by atoms with Gasteiger partial charge in [0.05, 0.1) is 18.5 Å². The number of sulfonamides is 1. The summed E-state index contributed by atoms with van der Waals surface area (Å²) >= 11 is 0. The quantitative estimate of drug-likeness (QED) is 0.884. The number of hydrogen-bond donors (Lipinski definition) is 1. The van der Waals surface area contributed by atoms with Crippen LogP contribution in [0.5, 0.6) is 0 Å². The van der Waals surface area contributed by atoms with Gasteiger partial charge in [0.2, 0.25) is 10.0 Å². The second-order valence-corrected chi connectivity index (χ2v) is 8.99. The summed E-state index contributed by atoms with van der Waals surface area (Å²) in [5.74, 6) is 0.293. The van der Waals surface area contributed by atoms with Crippen molar-refractivity contribution in [2.75, 3.05) is 32.5 Å². The Morgan fingerprint density at radius 2 is 2.17 bits per heavy atom. The van der Waals surface area contributed by atoms with Gasteiger partial charge in [0, 0.05) is 26.2 Å². The van der Waals surface area contributed by atoms with Gasteiger partial charge >= 0.3 is 0 Å². The minimum absolute atomic E-state index is 0.00537. The van der Waals surface area contributed by atoms with Crippen LogP contribution in [-0.4, -0.2) is 51.4 Å². The zero-order valence-corrected chi connectivity index (χ0v) is 14.7. The lowest BCUT2D eigenvalue weighted by atomic mass is 9.83. The molecule has 23 heavy (non-hydrogen) atoms. The molecule has 0 radical (unpaired) electrons. The summed E-state index contributed by atoms with van der Waals surface area (Å²) in [6.07, 6.45) is 3.25. The first-order valence-electron chi connectivity index (χ1n) is 8.20. The van der Waals surface area contributed by atoms with Crippen LogP contribution in [0.25, 0.3) is 0 Å². The topological polar surface area (TPSA) is 58.6 Å². The standard InChI is InChI=1S/C17H26N2O3S/c1-14-4-3-5-15(8-14)10-19-12-17(13-19)7-6-16(11-22-17)9-18-23(2,20)21/h3-5,8,16,18H,6-7,9-13H2,1-2H3/t16-/m0/s1. The van der Waals surface area contributed by atoms with Crippen LogP contribution in [0.1, 0.15) is 24.0 Å². The number of nitrogens with one attached hydrogen (secondary N) is 1. The number of aryl methyl sites for hydroxylation is 1. The number of likely N-dealkylation sites (tertiary alicyclic amines) is 1. The van der Waals surface area contributed by atoms with Gasteiger partial charge in [-0.05, 0) is 31.2 Å². The van der Waals surface area contributed by atoms with E-state index < -0.39 is 10.0 Å². The van der Waals surface area contributed by atoms with E-state index in [9.17, 15) is 8.42 Å². The van der Waals surface area contributed by atoms with E-state index in [2.05, 4.69) is 40.8 Å². The Hall–Kier alpha value is -0.950. The maximum atomic E-state index is 11.2. The number of nitrogens with zero attached hydrogens (tertiary/aromatic N) is 1. The molecule has 0 aromatic heterocycles. The highest BCUT2D eigenvalue weighted by Crippen LogP contribution is 2.36. The molecule has 2 fully saturated rings. The molecular formula is C17H26N2O3S. The van der Waals surface area contributed by atoms with Gasteiger partial charge in [0.25, 0.3) is 0 Å². The van der Waals surface area contributed by atoms with Crippen molar-refractivity contribution in [3.05, 3.63) is 35.4 Å². The van der Waals surface area contributed by atoms with Crippen LogP contribution in [-0.2, 0) is 21.3 Å². The van der Waals surface area contributed by atoms with Gasteiger partial charge in [-0.2, -0.15) is 0 Å². The fraction of sp³-hybridized carbons (Fsp3) is 0.647. The van der Waals surface area contributed by atoms with Crippen molar-refractivity contribution in [2.45, 2.75) is 31.9 Å². The molecule has 0 unspecified atom stereocenters. The highest BCUT2D eigenvalue weighted by molar-refractivity contribution is 7.88. The predicted molar refractivity (Wildman–Crippen MR) is 90.7 cm³/mol. The lowest BCUT2D eigenvalue weighted by Crippen LogP contribution is -2.64. The lowest BCUT2D eigenvalue weighted by molar-refractivity contribution is -0.181. The van der Waals surface area contributed by atoms with Crippen LogP contribution in [0.2, 0.25) is 0 Å². The van der Waals surface area contributed by atoms with E-state index in [4.69, 9.17) is 4.74 Å². The number of hydrogen-bond acceptors (Lipinski definition) is 4. The first-order chi connectivity index (χ1) is 10.8. The molecule has 1 aromatic carbocycles. The van der Waals surface area contributed by atoms with Crippen molar-refractivity contribution in [3.63, 3.8) is 0 Å². The molecule has 2 aliphatic rings. The maximum absolute atomic E-state index is 11.2. The number of benzene rings is 1. The summed E-state index contributed by atoms with van der Waals surface area (Å²) in [5.41, 5.74) is 2.66. The van der Waals surface area contributed by atoms with Crippen molar-refractivity contribution < 1.29 is 13.2 Å².